The van der Waals surface area contributed by atoms with Gasteiger partial charge in [0.2, 0.25) is 0 Å². The minimum absolute atomic E-state index is 0.0719. The Morgan fingerprint density at radius 1 is 0.619 bits per heavy atom. The van der Waals surface area contributed by atoms with E-state index < -0.39 is 0 Å². The van der Waals surface area contributed by atoms with E-state index in [4.69, 9.17) is 18.9 Å². The maximum absolute atomic E-state index is 5.73. The van der Waals surface area contributed by atoms with Crippen molar-refractivity contribution in [3.63, 3.8) is 0 Å². The lowest BCUT2D eigenvalue weighted by molar-refractivity contribution is -0.163. The monoisotopic (exact) mass is 300 g/mol. The van der Waals surface area contributed by atoms with Crippen molar-refractivity contribution in [2.24, 2.45) is 0 Å². The van der Waals surface area contributed by atoms with E-state index in [0.717, 1.165) is 52.1 Å². The highest BCUT2D eigenvalue weighted by Gasteiger charge is 2.14. The van der Waals surface area contributed by atoms with E-state index in [1.165, 1.54) is 44.9 Å². The quantitative estimate of drug-likeness (QED) is 0.571. The normalized spacial score (nSPS) is 26.9. The van der Waals surface area contributed by atoms with E-state index in [2.05, 4.69) is 0 Å². The average molecular weight is 300 g/mol. The molecule has 2 aliphatic rings. The molecule has 0 bridgehead atoms. The molecule has 2 saturated heterocycles. The van der Waals surface area contributed by atoms with Crippen LogP contribution < -0.4 is 0 Å². The Balaban J connectivity index is 1.30. The number of rotatable bonds is 10. The molecule has 0 spiro atoms. The predicted octanol–water partition coefficient (Wildman–Crippen LogP) is 4.02. The summed E-state index contributed by atoms with van der Waals surface area (Å²) in [5.41, 5.74) is 0. The summed E-state index contributed by atoms with van der Waals surface area (Å²) in [6.07, 6.45) is 13.2. The van der Waals surface area contributed by atoms with Crippen LogP contribution in [0.1, 0.15) is 70.6 Å². The van der Waals surface area contributed by atoms with Gasteiger partial charge in [-0.3, -0.25) is 0 Å². The zero-order valence-corrected chi connectivity index (χ0v) is 13.4. The SMILES string of the molecule is C(CCCOC1CCCCO1)CCCOC1CCCCO1. The summed E-state index contributed by atoms with van der Waals surface area (Å²) >= 11 is 0. The van der Waals surface area contributed by atoms with Gasteiger partial charge in [-0.1, -0.05) is 19.3 Å². The molecule has 4 nitrogen and oxygen atoms in total. The van der Waals surface area contributed by atoms with Crippen LogP contribution in [0.5, 0.6) is 0 Å². The fourth-order valence-electron chi connectivity index (χ4n) is 2.85. The van der Waals surface area contributed by atoms with Crippen molar-refractivity contribution in [1.29, 1.82) is 0 Å². The van der Waals surface area contributed by atoms with Crippen molar-refractivity contribution in [3.8, 4) is 0 Å². The van der Waals surface area contributed by atoms with Gasteiger partial charge >= 0.3 is 0 Å². The van der Waals surface area contributed by atoms with Crippen LogP contribution in [-0.4, -0.2) is 39.0 Å². The number of hydrogen-bond donors (Lipinski definition) is 0. The molecule has 0 aliphatic carbocycles. The van der Waals surface area contributed by atoms with E-state index in [1.807, 2.05) is 0 Å². The minimum atomic E-state index is 0.0719. The van der Waals surface area contributed by atoms with Crippen molar-refractivity contribution in [2.75, 3.05) is 26.4 Å². The smallest absolute Gasteiger partial charge is 0.157 e. The molecule has 2 heterocycles. The van der Waals surface area contributed by atoms with Gasteiger partial charge in [-0.25, -0.2) is 0 Å². The van der Waals surface area contributed by atoms with Crippen LogP contribution in [0.15, 0.2) is 0 Å². The van der Waals surface area contributed by atoms with Crippen molar-refractivity contribution in [3.05, 3.63) is 0 Å². The van der Waals surface area contributed by atoms with Gasteiger partial charge in [0.25, 0.3) is 0 Å². The molecule has 2 fully saturated rings. The van der Waals surface area contributed by atoms with Crippen molar-refractivity contribution < 1.29 is 18.9 Å². The molecule has 2 atom stereocenters. The lowest BCUT2D eigenvalue weighted by Crippen LogP contribution is -2.22. The van der Waals surface area contributed by atoms with Crippen LogP contribution in [0.4, 0.5) is 0 Å². The van der Waals surface area contributed by atoms with E-state index in [9.17, 15) is 0 Å². The Labute approximate surface area is 129 Å². The topological polar surface area (TPSA) is 36.9 Å². The van der Waals surface area contributed by atoms with Crippen molar-refractivity contribution in [2.45, 2.75) is 83.2 Å². The summed E-state index contributed by atoms with van der Waals surface area (Å²) in [7, 11) is 0. The van der Waals surface area contributed by atoms with E-state index in [0.29, 0.717) is 0 Å². The molecule has 2 aliphatic heterocycles. The largest absolute Gasteiger partial charge is 0.353 e. The van der Waals surface area contributed by atoms with Crippen LogP contribution >= 0.6 is 0 Å². The predicted molar refractivity (Wildman–Crippen MR) is 82.2 cm³/mol. The highest BCUT2D eigenvalue weighted by atomic mass is 16.7. The molecule has 0 aromatic rings. The number of unbranched alkanes of at least 4 members (excludes halogenated alkanes) is 4. The van der Waals surface area contributed by atoms with Crippen molar-refractivity contribution in [1.82, 2.24) is 0 Å². The van der Waals surface area contributed by atoms with Gasteiger partial charge in [-0.15, -0.1) is 0 Å². The lowest BCUT2D eigenvalue weighted by atomic mass is 10.1. The van der Waals surface area contributed by atoms with E-state index >= 15 is 0 Å². The molecule has 0 aromatic heterocycles. The van der Waals surface area contributed by atoms with E-state index in [1.54, 1.807) is 0 Å². The molecule has 21 heavy (non-hydrogen) atoms. The summed E-state index contributed by atoms with van der Waals surface area (Å²) in [4.78, 5) is 0. The van der Waals surface area contributed by atoms with Gasteiger partial charge in [0.15, 0.2) is 12.6 Å². The van der Waals surface area contributed by atoms with Gasteiger partial charge in [-0.05, 0) is 51.4 Å². The maximum atomic E-state index is 5.73. The zero-order valence-electron chi connectivity index (χ0n) is 13.4. The molecular weight excluding hydrogens is 268 g/mol. The highest BCUT2D eigenvalue weighted by molar-refractivity contribution is 4.55. The van der Waals surface area contributed by atoms with Crippen LogP contribution in [0, 0.1) is 0 Å². The zero-order chi connectivity index (χ0) is 14.6. The average Bonchev–Trinajstić information content (AvgIpc) is 2.55. The molecule has 2 unspecified atom stereocenters. The Kier molecular flexibility index (Phi) is 9.35. The molecule has 4 heteroatoms. The third-order valence-corrected chi connectivity index (χ3v) is 4.17. The van der Waals surface area contributed by atoms with Crippen molar-refractivity contribution >= 4 is 0 Å². The summed E-state index contributed by atoms with van der Waals surface area (Å²) in [5, 5.41) is 0. The first kappa shape index (κ1) is 17.2. The fourth-order valence-corrected chi connectivity index (χ4v) is 2.85. The fraction of sp³-hybridized carbons (Fsp3) is 1.00. The van der Waals surface area contributed by atoms with Gasteiger partial charge in [0.05, 0.1) is 0 Å². The third kappa shape index (κ3) is 8.15. The highest BCUT2D eigenvalue weighted by Crippen LogP contribution is 2.15. The Morgan fingerprint density at radius 2 is 1.10 bits per heavy atom. The Bertz CT molecular complexity index is 211. The molecule has 0 radical (unpaired) electrons. The summed E-state index contributed by atoms with van der Waals surface area (Å²) < 4.78 is 22.5. The summed E-state index contributed by atoms with van der Waals surface area (Å²) in [6, 6.07) is 0. The lowest BCUT2D eigenvalue weighted by Gasteiger charge is -2.22. The third-order valence-electron chi connectivity index (χ3n) is 4.17. The van der Waals surface area contributed by atoms with Crippen LogP contribution in [-0.2, 0) is 18.9 Å². The minimum Gasteiger partial charge on any atom is -0.353 e. The summed E-state index contributed by atoms with van der Waals surface area (Å²) in [5.74, 6) is 0. The van der Waals surface area contributed by atoms with Crippen LogP contribution in [0.2, 0.25) is 0 Å². The van der Waals surface area contributed by atoms with Gasteiger partial charge in [0, 0.05) is 26.4 Å². The first-order valence-corrected chi connectivity index (χ1v) is 8.91. The Hall–Kier alpha value is -0.160. The number of hydrogen-bond acceptors (Lipinski definition) is 4. The Morgan fingerprint density at radius 3 is 1.52 bits per heavy atom. The second-order valence-corrected chi connectivity index (χ2v) is 6.10. The molecule has 124 valence electrons. The molecule has 2 rings (SSSR count). The molecule has 0 amide bonds. The standard InChI is InChI=1S/C17H32O4/c1(2-6-12-18-16-10-4-8-14-20-16)3-7-13-19-17-11-5-9-15-21-17/h16-17H,1-15H2. The van der Waals surface area contributed by atoms with E-state index in [-0.39, 0.29) is 12.6 Å². The van der Waals surface area contributed by atoms with Crippen LogP contribution in [0.3, 0.4) is 0 Å². The summed E-state index contributed by atoms with van der Waals surface area (Å²) in [6.45, 7) is 3.43. The second-order valence-electron chi connectivity index (χ2n) is 6.10. The van der Waals surface area contributed by atoms with Gasteiger partial charge < -0.3 is 18.9 Å². The first-order valence-electron chi connectivity index (χ1n) is 8.91. The van der Waals surface area contributed by atoms with Gasteiger partial charge in [0.1, 0.15) is 0 Å². The first-order chi connectivity index (χ1) is 10.4. The molecule has 0 aromatic carbocycles. The molecule has 0 N–H and O–H groups in total. The second kappa shape index (κ2) is 11.4. The van der Waals surface area contributed by atoms with Crippen LogP contribution in [0.25, 0.3) is 0 Å². The molecular formula is C17H32O4. The maximum Gasteiger partial charge on any atom is 0.157 e. The molecule has 0 saturated carbocycles. The number of ether oxygens (including phenoxy) is 4. The van der Waals surface area contributed by atoms with Gasteiger partial charge in [-0.2, -0.15) is 0 Å².